The van der Waals surface area contributed by atoms with Gasteiger partial charge in [0.15, 0.2) is 12.2 Å². The molecule has 2 aromatic rings. The van der Waals surface area contributed by atoms with Gasteiger partial charge in [-0.2, -0.15) is 0 Å². The van der Waals surface area contributed by atoms with E-state index >= 15 is 0 Å². The van der Waals surface area contributed by atoms with Gasteiger partial charge in [0.2, 0.25) is 0 Å². The van der Waals surface area contributed by atoms with Crippen molar-refractivity contribution in [2.24, 2.45) is 0 Å². The van der Waals surface area contributed by atoms with Gasteiger partial charge in [0, 0.05) is 11.1 Å². The number of benzene rings is 2. The summed E-state index contributed by atoms with van der Waals surface area (Å²) in [5.41, 5.74) is 2.31. The molecule has 26 heavy (non-hydrogen) atoms. The summed E-state index contributed by atoms with van der Waals surface area (Å²) in [7, 11) is 0. The fraction of sp³-hybridized carbons (Fsp3) is 0.130. The van der Waals surface area contributed by atoms with Crippen LogP contribution in [0.3, 0.4) is 0 Å². The Kier molecular flexibility index (Phi) is 6.45. The number of rotatable bonds is 9. The van der Waals surface area contributed by atoms with Crippen molar-refractivity contribution in [2.45, 2.75) is 19.1 Å². The van der Waals surface area contributed by atoms with E-state index in [2.05, 4.69) is 26.3 Å². The van der Waals surface area contributed by atoms with Gasteiger partial charge < -0.3 is 14.6 Å². The molecule has 2 rings (SSSR count). The molecule has 0 bridgehead atoms. The van der Waals surface area contributed by atoms with Gasteiger partial charge in [0.1, 0.15) is 17.3 Å². The van der Waals surface area contributed by atoms with Crippen LogP contribution < -0.4 is 0 Å². The fourth-order valence-corrected chi connectivity index (χ4v) is 2.42. The highest BCUT2D eigenvalue weighted by Crippen LogP contribution is 2.27. The Labute approximate surface area is 155 Å². The van der Waals surface area contributed by atoms with Gasteiger partial charge in [0.05, 0.1) is 0 Å². The standard InChI is InChI=1S/C23H24O3/c1-16(2)22(25-18(4)20-12-8-6-9-13-20)23(17(3)24)26-19(5)21-14-10-7-11-15-21/h6-15,22-24H,1,3-5H2,2H3. The maximum Gasteiger partial charge on any atom is 0.195 e. The van der Waals surface area contributed by atoms with Crippen LogP contribution in [-0.2, 0) is 9.47 Å². The van der Waals surface area contributed by atoms with Gasteiger partial charge in [0.25, 0.3) is 0 Å². The first kappa shape index (κ1) is 19.1. The van der Waals surface area contributed by atoms with E-state index in [1.54, 1.807) is 6.92 Å². The minimum atomic E-state index is -0.860. The molecular formula is C23H24O3. The molecule has 2 atom stereocenters. The lowest BCUT2D eigenvalue weighted by atomic mass is 10.0. The van der Waals surface area contributed by atoms with Crippen LogP contribution in [0, 0.1) is 0 Å². The summed E-state index contributed by atoms with van der Waals surface area (Å²) < 4.78 is 11.9. The lowest BCUT2D eigenvalue weighted by Gasteiger charge is -2.29. The number of ether oxygens (including phenoxy) is 2. The molecule has 3 nitrogen and oxygen atoms in total. The third-order valence-electron chi connectivity index (χ3n) is 3.82. The van der Waals surface area contributed by atoms with Gasteiger partial charge in [-0.1, -0.05) is 87.0 Å². The van der Waals surface area contributed by atoms with Crippen molar-refractivity contribution < 1.29 is 14.6 Å². The minimum Gasteiger partial charge on any atom is -0.509 e. The average molecular weight is 348 g/mol. The number of aliphatic hydroxyl groups excluding tert-OH is 1. The van der Waals surface area contributed by atoms with Crippen molar-refractivity contribution in [2.75, 3.05) is 0 Å². The zero-order valence-electron chi connectivity index (χ0n) is 15.0. The summed E-state index contributed by atoms with van der Waals surface area (Å²) in [4.78, 5) is 0. The second kappa shape index (κ2) is 8.77. The Morgan fingerprint density at radius 3 is 1.46 bits per heavy atom. The highest BCUT2D eigenvalue weighted by atomic mass is 16.6. The van der Waals surface area contributed by atoms with Gasteiger partial charge in [-0.3, -0.25) is 0 Å². The van der Waals surface area contributed by atoms with Crippen LogP contribution in [0.1, 0.15) is 18.1 Å². The lowest BCUT2D eigenvalue weighted by molar-refractivity contribution is 0.0389. The van der Waals surface area contributed by atoms with Crippen LogP contribution in [-0.4, -0.2) is 17.3 Å². The van der Waals surface area contributed by atoms with Crippen molar-refractivity contribution >= 4 is 11.5 Å². The number of aliphatic hydroxyl groups is 1. The normalized spacial score (nSPS) is 12.5. The number of hydrogen-bond acceptors (Lipinski definition) is 3. The van der Waals surface area contributed by atoms with E-state index in [0.29, 0.717) is 17.1 Å². The molecule has 0 spiro atoms. The molecule has 0 aliphatic rings. The molecule has 0 saturated carbocycles. The van der Waals surface area contributed by atoms with Crippen LogP contribution in [0.5, 0.6) is 0 Å². The molecule has 0 saturated heterocycles. The molecule has 0 radical (unpaired) electrons. The van der Waals surface area contributed by atoms with Gasteiger partial charge in [-0.15, -0.1) is 0 Å². The van der Waals surface area contributed by atoms with E-state index in [0.717, 1.165) is 11.1 Å². The van der Waals surface area contributed by atoms with E-state index < -0.39 is 12.2 Å². The number of hydrogen-bond donors (Lipinski definition) is 1. The van der Waals surface area contributed by atoms with E-state index in [1.807, 2.05) is 60.7 Å². The van der Waals surface area contributed by atoms with Crippen molar-refractivity contribution in [3.8, 4) is 0 Å². The summed E-state index contributed by atoms with van der Waals surface area (Å²) in [5, 5.41) is 10.1. The highest BCUT2D eigenvalue weighted by molar-refractivity contribution is 5.59. The Morgan fingerprint density at radius 2 is 1.12 bits per heavy atom. The molecule has 0 fully saturated rings. The molecule has 1 N–H and O–H groups in total. The van der Waals surface area contributed by atoms with E-state index in [4.69, 9.17) is 9.47 Å². The van der Waals surface area contributed by atoms with Crippen molar-refractivity contribution in [3.63, 3.8) is 0 Å². The maximum atomic E-state index is 10.1. The quantitative estimate of drug-likeness (QED) is 0.463. The summed E-state index contributed by atoms with van der Waals surface area (Å²) in [6.07, 6.45) is -1.53. The van der Waals surface area contributed by atoms with Gasteiger partial charge >= 0.3 is 0 Å². The topological polar surface area (TPSA) is 38.7 Å². The molecule has 0 heterocycles. The highest BCUT2D eigenvalue weighted by Gasteiger charge is 2.30. The van der Waals surface area contributed by atoms with Crippen molar-refractivity contribution in [1.82, 2.24) is 0 Å². The minimum absolute atomic E-state index is 0.170. The van der Waals surface area contributed by atoms with E-state index in [1.165, 1.54) is 0 Å². The molecule has 2 unspecified atom stereocenters. The first-order valence-electron chi connectivity index (χ1n) is 8.25. The predicted molar refractivity (Wildman–Crippen MR) is 107 cm³/mol. The summed E-state index contributed by atoms with van der Waals surface area (Å²) >= 11 is 0. The fourth-order valence-electron chi connectivity index (χ4n) is 2.42. The first-order chi connectivity index (χ1) is 12.4. The van der Waals surface area contributed by atoms with Crippen LogP contribution in [0.2, 0.25) is 0 Å². The van der Waals surface area contributed by atoms with Crippen molar-refractivity contribution in [3.05, 3.63) is 109 Å². The second-order valence-corrected chi connectivity index (χ2v) is 5.99. The Balaban J connectivity index is 2.20. The molecule has 3 heteroatoms. The average Bonchev–Trinajstić information content (AvgIpc) is 2.65. The lowest BCUT2D eigenvalue weighted by Crippen LogP contribution is -2.33. The monoisotopic (exact) mass is 348 g/mol. The summed E-state index contributed by atoms with van der Waals surface area (Å²) in [6, 6.07) is 18.9. The molecule has 134 valence electrons. The molecule has 0 aliphatic heterocycles. The molecule has 0 amide bonds. The van der Waals surface area contributed by atoms with Gasteiger partial charge in [-0.25, -0.2) is 0 Å². The summed E-state index contributed by atoms with van der Waals surface area (Å²) in [6.45, 7) is 17.3. The molecular weight excluding hydrogens is 324 g/mol. The Bertz CT molecular complexity index is 721. The van der Waals surface area contributed by atoms with E-state index in [-0.39, 0.29) is 5.76 Å². The first-order valence-corrected chi connectivity index (χ1v) is 8.25. The largest absolute Gasteiger partial charge is 0.509 e. The summed E-state index contributed by atoms with van der Waals surface area (Å²) in [5.74, 6) is 0.695. The third-order valence-corrected chi connectivity index (χ3v) is 3.82. The molecule has 0 aromatic heterocycles. The zero-order chi connectivity index (χ0) is 19.1. The van der Waals surface area contributed by atoms with Crippen LogP contribution >= 0.6 is 0 Å². The third kappa shape index (κ3) is 4.90. The van der Waals surface area contributed by atoms with Crippen LogP contribution in [0.4, 0.5) is 0 Å². The second-order valence-electron chi connectivity index (χ2n) is 5.99. The maximum absolute atomic E-state index is 10.1. The van der Waals surface area contributed by atoms with Crippen molar-refractivity contribution in [1.29, 1.82) is 0 Å². The predicted octanol–water partition coefficient (Wildman–Crippen LogP) is 5.75. The SMILES string of the molecule is C=C(OC(C(=C)C)C(OC(=C)c1ccccc1)C(=C)O)c1ccccc1. The Morgan fingerprint density at radius 1 is 0.731 bits per heavy atom. The van der Waals surface area contributed by atoms with Gasteiger partial charge in [-0.05, 0) is 12.5 Å². The zero-order valence-corrected chi connectivity index (χ0v) is 15.0. The molecule has 0 aliphatic carbocycles. The smallest absolute Gasteiger partial charge is 0.195 e. The Hall–Kier alpha value is -3.20. The van der Waals surface area contributed by atoms with E-state index in [9.17, 15) is 5.11 Å². The van der Waals surface area contributed by atoms with Crippen LogP contribution in [0.15, 0.2) is 98.3 Å². The molecule has 2 aromatic carbocycles. The van der Waals surface area contributed by atoms with Crippen LogP contribution in [0.25, 0.3) is 11.5 Å².